The van der Waals surface area contributed by atoms with Gasteiger partial charge < -0.3 is 9.42 Å². The molecule has 1 saturated heterocycles. The van der Waals surface area contributed by atoms with Crippen LogP contribution in [0.25, 0.3) is 11.6 Å². The number of nitrogens with zero attached hydrogens (tertiary/aromatic N) is 6. The molecule has 1 fully saturated rings. The Bertz CT molecular complexity index is 937. The number of carbonyl (C=O) groups excluding carboxylic acids is 1. The van der Waals surface area contributed by atoms with E-state index in [0.717, 1.165) is 6.42 Å². The highest BCUT2D eigenvalue weighted by molar-refractivity contribution is 6.30. The van der Waals surface area contributed by atoms with Crippen molar-refractivity contribution in [3.8, 4) is 11.6 Å². The van der Waals surface area contributed by atoms with Crippen LogP contribution in [0.3, 0.4) is 0 Å². The lowest BCUT2D eigenvalue weighted by Crippen LogP contribution is -2.29. The molecule has 0 spiro atoms. The van der Waals surface area contributed by atoms with Gasteiger partial charge in [0, 0.05) is 30.1 Å². The first-order valence-electron chi connectivity index (χ1n) is 8.43. The van der Waals surface area contributed by atoms with Gasteiger partial charge in [0.25, 0.3) is 11.8 Å². The third kappa shape index (κ3) is 3.20. The molecule has 0 N–H and O–H groups in total. The lowest BCUT2D eigenvalue weighted by molar-refractivity contribution is 0.0787. The van der Waals surface area contributed by atoms with Gasteiger partial charge in [-0.15, -0.1) is 5.10 Å². The standard InChI is InChI=1S/C17H17ClN6O2/c1-2-15-19-16(26-21-15)14-10-24(22-20-14)13-6-7-23(9-13)17(25)11-4-3-5-12(18)8-11/h3-5,8,10,13H,2,6-7,9H2,1H3/t13-/m1/s1. The summed E-state index contributed by atoms with van der Waals surface area (Å²) in [6.45, 7) is 3.18. The second kappa shape index (κ2) is 6.87. The van der Waals surface area contributed by atoms with E-state index in [-0.39, 0.29) is 11.9 Å². The number of amides is 1. The molecule has 4 rings (SSSR count). The van der Waals surface area contributed by atoms with Crippen molar-refractivity contribution in [2.24, 2.45) is 0 Å². The minimum atomic E-state index is -0.0279. The summed E-state index contributed by atoms with van der Waals surface area (Å²) in [4.78, 5) is 18.7. The number of halogens is 1. The minimum Gasteiger partial charge on any atom is -0.336 e. The molecule has 1 aliphatic heterocycles. The van der Waals surface area contributed by atoms with Gasteiger partial charge in [0.05, 0.1) is 12.2 Å². The normalized spacial score (nSPS) is 17.0. The molecule has 1 amide bonds. The van der Waals surface area contributed by atoms with Crippen LogP contribution < -0.4 is 0 Å². The van der Waals surface area contributed by atoms with Gasteiger partial charge in [0.1, 0.15) is 0 Å². The smallest absolute Gasteiger partial charge is 0.280 e. The van der Waals surface area contributed by atoms with Crippen LogP contribution in [0.2, 0.25) is 5.02 Å². The summed E-state index contributed by atoms with van der Waals surface area (Å²) in [5.74, 6) is 0.964. The first-order valence-corrected chi connectivity index (χ1v) is 8.81. The summed E-state index contributed by atoms with van der Waals surface area (Å²) in [6.07, 6.45) is 3.28. The van der Waals surface area contributed by atoms with E-state index >= 15 is 0 Å². The van der Waals surface area contributed by atoms with Gasteiger partial charge in [0.15, 0.2) is 11.5 Å². The summed E-state index contributed by atoms with van der Waals surface area (Å²) in [5.41, 5.74) is 1.13. The zero-order valence-corrected chi connectivity index (χ0v) is 14.9. The quantitative estimate of drug-likeness (QED) is 0.699. The zero-order valence-electron chi connectivity index (χ0n) is 14.2. The molecule has 0 bridgehead atoms. The fourth-order valence-electron chi connectivity index (χ4n) is 3.00. The Morgan fingerprint density at radius 3 is 3.08 bits per heavy atom. The maximum atomic E-state index is 12.6. The molecule has 1 aliphatic rings. The van der Waals surface area contributed by atoms with Crippen molar-refractivity contribution >= 4 is 17.5 Å². The summed E-state index contributed by atoms with van der Waals surface area (Å²) in [7, 11) is 0. The zero-order chi connectivity index (χ0) is 18.1. The van der Waals surface area contributed by atoms with Crippen molar-refractivity contribution < 1.29 is 9.32 Å². The van der Waals surface area contributed by atoms with Crippen LogP contribution in [0.5, 0.6) is 0 Å². The molecule has 0 saturated carbocycles. The average molecular weight is 373 g/mol. The fraction of sp³-hybridized carbons (Fsp3) is 0.353. The van der Waals surface area contributed by atoms with Crippen molar-refractivity contribution in [1.82, 2.24) is 30.0 Å². The third-order valence-electron chi connectivity index (χ3n) is 4.41. The van der Waals surface area contributed by atoms with E-state index in [0.29, 0.717) is 47.5 Å². The summed E-state index contributed by atoms with van der Waals surface area (Å²) in [6, 6.07) is 7.06. The number of aryl methyl sites for hydroxylation is 1. The number of carbonyl (C=O) groups is 1. The number of hydrogen-bond acceptors (Lipinski definition) is 6. The topological polar surface area (TPSA) is 89.9 Å². The van der Waals surface area contributed by atoms with Crippen molar-refractivity contribution in [1.29, 1.82) is 0 Å². The molecule has 8 nitrogen and oxygen atoms in total. The first kappa shape index (κ1) is 16.7. The van der Waals surface area contributed by atoms with Crippen LogP contribution in [-0.4, -0.2) is 49.0 Å². The SMILES string of the molecule is CCc1noc(-c2cn([C@@H]3CCN(C(=O)c4cccc(Cl)c4)C3)nn2)n1. The lowest BCUT2D eigenvalue weighted by atomic mass is 10.2. The number of rotatable bonds is 4. The van der Waals surface area contributed by atoms with Gasteiger partial charge in [0.2, 0.25) is 0 Å². The van der Waals surface area contributed by atoms with E-state index in [9.17, 15) is 4.79 Å². The van der Waals surface area contributed by atoms with E-state index in [4.69, 9.17) is 16.1 Å². The van der Waals surface area contributed by atoms with Gasteiger partial charge in [-0.05, 0) is 24.6 Å². The van der Waals surface area contributed by atoms with Gasteiger partial charge in [-0.2, -0.15) is 4.98 Å². The summed E-state index contributed by atoms with van der Waals surface area (Å²) >= 11 is 5.98. The van der Waals surface area contributed by atoms with E-state index in [2.05, 4.69) is 20.5 Å². The van der Waals surface area contributed by atoms with Crippen LogP contribution >= 0.6 is 11.6 Å². The van der Waals surface area contributed by atoms with Crippen LogP contribution in [-0.2, 0) is 6.42 Å². The molecular weight excluding hydrogens is 356 g/mol. The molecule has 0 unspecified atom stereocenters. The Labute approximate surface area is 154 Å². The average Bonchev–Trinajstić information content (AvgIpc) is 3.39. The van der Waals surface area contributed by atoms with Crippen LogP contribution in [0.15, 0.2) is 35.0 Å². The molecule has 0 radical (unpaired) electrons. The predicted molar refractivity (Wildman–Crippen MR) is 93.7 cm³/mol. The summed E-state index contributed by atoms with van der Waals surface area (Å²) < 4.78 is 6.95. The number of aromatic nitrogens is 5. The summed E-state index contributed by atoms with van der Waals surface area (Å²) in [5, 5.41) is 12.7. The highest BCUT2D eigenvalue weighted by Crippen LogP contribution is 2.25. The molecule has 1 atom stereocenters. The van der Waals surface area contributed by atoms with Crippen molar-refractivity contribution in [3.63, 3.8) is 0 Å². The Hall–Kier alpha value is -2.74. The highest BCUT2D eigenvalue weighted by atomic mass is 35.5. The Balaban J connectivity index is 1.46. The third-order valence-corrected chi connectivity index (χ3v) is 4.65. The van der Waals surface area contributed by atoms with Crippen molar-refractivity contribution in [2.45, 2.75) is 25.8 Å². The fourth-order valence-corrected chi connectivity index (χ4v) is 3.19. The Morgan fingerprint density at radius 2 is 2.31 bits per heavy atom. The van der Waals surface area contributed by atoms with Gasteiger partial charge >= 0.3 is 0 Å². The molecule has 0 aliphatic carbocycles. The predicted octanol–water partition coefficient (Wildman–Crippen LogP) is 2.63. The van der Waals surface area contributed by atoms with Gasteiger partial charge in [-0.1, -0.05) is 35.0 Å². The Morgan fingerprint density at radius 1 is 1.42 bits per heavy atom. The second-order valence-corrected chi connectivity index (χ2v) is 6.59. The molecular formula is C17H17ClN6O2. The van der Waals surface area contributed by atoms with Gasteiger partial charge in [-0.3, -0.25) is 4.79 Å². The molecule has 3 heterocycles. The van der Waals surface area contributed by atoms with E-state index in [1.807, 2.05) is 6.92 Å². The van der Waals surface area contributed by atoms with E-state index in [1.165, 1.54) is 0 Å². The molecule has 26 heavy (non-hydrogen) atoms. The number of hydrogen-bond donors (Lipinski definition) is 0. The van der Waals surface area contributed by atoms with Crippen LogP contribution in [0.4, 0.5) is 0 Å². The molecule has 1 aromatic carbocycles. The minimum absolute atomic E-state index is 0.0279. The maximum absolute atomic E-state index is 12.6. The Kier molecular flexibility index (Phi) is 4.42. The van der Waals surface area contributed by atoms with Crippen molar-refractivity contribution in [3.05, 3.63) is 46.9 Å². The molecule has 2 aromatic heterocycles. The van der Waals surface area contributed by atoms with Crippen LogP contribution in [0, 0.1) is 0 Å². The van der Waals surface area contributed by atoms with Gasteiger partial charge in [-0.25, -0.2) is 4.68 Å². The monoisotopic (exact) mass is 372 g/mol. The largest absolute Gasteiger partial charge is 0.336 e. The number of likely N-dealkylation sites (tertiary alicyclic amines) is 1. The highest BCUT2D eigenvalue weighted by Gasteiger charge is 2.29. The lowest BCUT2D eigenvalue weighted by Gasteiger charge is -2.16. The second-order valence-electron chi connectivity index (χ2n) is 6.16. The maximum Gasteiger partial charge on any atom is 0.280 e. The first-order chi connectivity index (χ1) is 12.6. The molecule has 3 aromatic rings. The number of benzene rings is 1. The van der Waals surface area contributed by atoms with E-state index < -0.39 is 0 Å². The van der Waals surface area contributed by atoms with Crippen molar-refractivity contribution in [2.75, 3.05) is 13.1 Å². The molecule has 9 heteroatoms. The van der Waals surface area contributed by atoms with E-state index in [1.54, 1.807) is 40.0 Å². The van der Waals surface area contributed by atoms with Crippen LogP contribution in [0.1, 0.15) is 35.6 Å². The molecule has 134 valence electrons.